The lowest BCUT2D eigenvalue weighted by atomic mass is 9.71. The van der Waals surface area contributed by atoms with E-state index in [-0.39, 0.29) is 23.2 Å². The molecule has 1 spiro atoms. The SMILES string of the molecule is Cc1cccc(C2(C(=O)N3CCC4(CC3)COC(Cc3cccc(F)c3)C4)CCOCC2)c1. The smallest absolute Gasteiger partial charge is 0.233 e. The predicted octanol–water partition coefficient (Wildman–Crippen LogP) is 4.82. The monoisotopic (exact) mass is 451 g/mol. The molecule has 33 heavy (non-hydrogen) atoms. The zero-order chi connectivity index (χ0) is 22.9. The minimum absolute atomic E-state index is 0.128. The third kappa shape index (κ3) is 4.58. The maximum Gasteiger partial charge on any atom is 0.233 e. The second-order valence-corrected chi connectivity index (χ2v) is 10.3. The van der Waals surface area contributed by atoms with Gasteiger partial charge in [0.05, 0.1) is 18.1 Å². The first-order valence-electron chi connectivity index (χ1n) is 12.3. The van der Waals surface area contributed by atoms with E-state index in [1.54, 1.807) is 12.1 Å². The van der Waals surface area contributed by atoms with Gasteiger partial charge in [0.2, 0.25) is 5.91 Å². The molecular weight excluding hydrogens is 417 g/mol. The minimum atomic E-state index is -0.471. The third-order valence-electron chi connectivity index (χ3n) is 8.08. The molecule has 3 aliphatic heterocycles. The number of carbonyl (C=O) groups excluding carboxylic acids is 1. The fourth-order valence-electron chi connectivity index (χ4n) is 6.08. The van der Waals surface area contributed by atoms with Gasteiger partial charge >= 0.3 is 0 Å². The van der Waals surface area contributed by atoms with Crippen LogP contribution in [-0.4, -0.2) is 49.8 Å². The Kier molecular flexibility index (Phi) is 6.28. The molecule has 1 unspecified atom stereocenters. The Labute approximate surface area is 196 Å². The van der Waals surface area contributed by atoms with Crippen molar-refractivity contribution in [3.8, 4) is 0 Å². The number of nitrogens with zero attached hydrogens (tertiary/aromatic N) is 1. The van der Waals surface area contributed by atoms with Crippen LogP contribution in [0.1, 0.15) is 48.8 Å². The van der Waals surface area contributed by atoms with E-state index >= 15 is 0 Å². The van der Waals surface area contributed by atoms with E-state index in [1.165, 1.54) is 11.6 Å². The van der Waals surface area contributed by atoms with Crippen molar-refractivity contribution in [3.63, 3.8) is 0 Å². The fourth-order valence-corrected chi connectivity index (χ4v) is 6.08. The summed E-state index contributed by atoms with van der Waals surface area (Å²) in [7, 11) is 0. The van der Waals surface area contributed by atoms with Crippen LogP contribution < -0.4 is 0 Å². The summed E-state index contributed by atoms with van der Waals surface area (Å²) >= 11 is 0. The van der Waals surface area contributed by atoms with Crippen molar-refractivity contribution < 1.29 is 18.7 Å². The predicted molar refractivity (Wildman–Crippen MR) is 126 cm³/mol. The standard InChI is InChI=1S/C28H34FNO3/c1-21-4-2-6-23(16-21)28(10-14-32-15-11-28)26(31)30-12-8-27(9-13-30)19-25(33-20-27)18-22-5-3-7-24(29)17-22/h2-7,16-17,25H,8-15,18-20H2,1H3. The Morgan fingerprint density at radius 3 is 2.55 bits per heavy atom. The van der Waals surface area contributed by atoms with Crippen LogP contribution in [0.4, 0.5) is 4.39 Å². The van der Waals surface area contributed by atoms with Gasteiger partial charge in [-0.15, -0.1) is 0 Å². The number of hydrogen-bond acceptors (Lipinski definition) is 3. The Bertz CT molecular complexity index is 992. The molecule has 3 fully saturated rings. The van der Waals surface area contributed by atoms with Crippen molar-refractivity contribution in [2.75, 3.05) is 32.9 Å². The quantitative estimate of drug-likeness (QED) is 0.669. The molecule has 0 aliphatic carbocycles. The molecule has 3 heterocycles. The Hall–Kier alpha value is -2.24. The largest absolute Gasteiger partial charge is 0.381 e. The lowest BCUT2D eigenvalue weighted by Crippen LogP contribution is -2.53. The molecule has 0 N–H and O–H groups in total. The molecule has 1 amide bonds. The summed E-state index contributed by atoms with van der Waals surface area (Å²) in [6.07, 6.45) is 5.30. The van der Waals surface area contributed by atoms with Crippen LogP contribution in [0.3, 0.4) is 0 Å². The Morgan fingerprint density at radius 2 is 1.82 bits per heavy atom. The first-order valence-corrected chi connectivity index (χ1v) is 12.3. The summed E-state index contributed by atoms with van der Waals surface area (Å²) in [4.78, 5) is 16.0. The van der Waals surface area contributed by atoms with Gasteiger partial charge < -0.3 is 14.4 Å². The number of hydrogen-bond donors (Lipinski definition) is 0. The number of rotatable bonds is 4. The van der Waals surface area contributed by atoms with Gasteiger partial charge in [-0.25, -0.2) is 4.39 Å². The van der Waals surface area contributed by atoms with Gasteiger partial charge in [0.1, 0.15) is 5.82 Å². The van der Waals surface area contributed by atoms with Gasteiger partial charge in [-0.3, -0.25) is 4.79 Å². The van der Waals surface area contributed by atoms with Gasteiger partial charge in [0.25, 0.3) is 0 Å². The molecule has 0 bridgehead atoms. The minimum Gasteiger partial charge on any atom is -0.381 e. The summed E-state index contributed by atoms with van der Waals surface area (Å²) in [5, 5.41) is 0. The average molecular weight is 452 g/mol. The van der Waals surface area contributed by atoms with Gasteiger partial charge in [-0.1, -0.05) is 42.0 Å². The maximum absolute atomic E-state index is 13.9. The third-order valence-corrected chi connectivity index (χ3v) is 8.08. The van der Waals surface area contributed by atoms with Crippen LogP contribution >= 0.6 is 0 Å². The second-order valence-electron chi connectivity index (χ2n) is 10.3. The molecule has 3 aliphatic rings. The number of likely N-dealkylation sites (tertiary alicyclic amines) is 1. The van der Waals surface area contributed by atoms with Crippen LogP contribution in [0.25, 0.3) is 0 Å². The van der Waals surface area contributed by atoms with Crippen molar-refractivity contribution >= 4 is 5.91 Å². The normalized spacial score (nSPS) is 24.2. The zero-order valence-electron chi connectivity index (χ0n) is 19.5. The number of benzene rings is 2. The fraction of sp³-hybridized carbons (Fsp3) is 0.536. The van der Waals surface area contributed by atoms with Crippen LogP contribution in [0.15, 0.2) is 48.5 Å². The molecule has 0 aromatic heterocycles. The molecular formula is C28H34FNO3. The molecule has 1 atom stereocenters. The molecule has 2 aromatic rings. The van der Waals surface area contributed by atoms with Crippen molar-refractivity contribution in [2.45, 2.75) is 57.0 Å². The van der Waals surface area contributed by atoms with E-state index in [0.29, 0.717) is 13.2 Å². The summed E-state index contributed by atoms with van der Waals surface area (Å²) in [6, 6.07) is 15.3. The van der Waals surface area contributed by atoms with Crippen LogP contribution in [0.2, 0.25) is 0 Å². The number of carbonyl (C=O) groups is 1. The molecule has 176 valence electrons. The first kappa shape index (κ1) is 22.5. The van der Waals surface area contributed by atoms with Crippen LogP contribution in [0.5, 0.6) is 0 Å². The Balaban J connectivity index is 1.25. The molecule has 0 saturated carbocycles. The molecule has 0 radical (unpaired) electrons. The highest BCUT2D eigenvalue weighted by molar-refractivity contribution is 5.88. The average Bonchev–Trinajstić information content (AvgIpc) is 3.21. The number of halogens is 1. The lowest BCUT2D eigenvalue weighted by molar-refractivity contribution is -0.143. The van der Waals surface area contributed by atoms with E-state index in [1.807, 2.05) is 6.07 Å². The molecule has 5 rings (SSSR count). The lowest BCUT2D eigenvalue weighted by Gasteiger charge is -2.44. The summed E-state index contributed by atoms with van der Waals surface area (Å²) < 4.78 is 25.4. The van der Waals surface area contributed by atoms with Crippen LogP contribution in [0, 0.1) is 18.2 Å². The molecule has 3 saturated heterocycles. The molecule has 2 aromatic carbocycles. The highest BCUT2D eigenvalue weighted by Crippen LogP contribution is 2.44. The number of piperidine rings is 1. The molecule has 5 heteroatoms. The number of aryl methyl sites for hydroxylation is 1. The topological polar surface area (TPSA) is 38.8 Å². The van der Waals surface area contributed by atoms with Crippen molar-refractivity contribution in [3.05, 3.63) is 71.0 Å². The maximum atomic E-state index is 13.9. The summed E-state index contributed by atoms with van der Waals surface area (Å²) in [6.45, 7) is 5.66. The number of ether oxygens (including phenoxy) is 2. The van der Waals surface area contributed by atoms with E-state index in [2.05, 4.69) is 36.1 Å². The van der Waals surface area contributed by atoms with E-state index in [0.717, 1.165) is 69.3 Å². The Morgan fingerprint density at radius 1 is 1.06 bits per heavy atom. The van der Waals surface area contributed by atoms with Gasteiger partial charge in [-0.2, -0.15) is 0 Å². The zero-order valence-corrected chi connectivity index (χ0v) is 19.5. The van der Waals surface area contributed by atoms with Gasteiger partial charge in [-0.05, 0) is 74.1 Å². The van der Waals surface area contributed by atoms with Gasteiger partial charge in [0, 0.05) is 26.3 Å². The first-order chi connectivity index (χ1) is 16.0. The van der Waals surface area contributed by atoms with Crippen molar-refractivity contribution in [1.82, 2.24) is 4.90 Å². The molecule has 4 nitrogen and oxygen atoms in total. The van der Waals surface area contributed by atoms with Crippen molar-refractivity contribution in [2.24, 2.45) is 5.41 Å². The number of amides is 1. The highest BCUT2D eigenvalue weighted by atomic mass is 19.1. The van der Waals surface area contributed by atoms with E-state index in [9.17, 15) is 9.18 Å². The second kappa shape index (κ2) is 9.19. The van der Waals surface area contributed by atoms with Gasteiger partial charge in [0.15, 0.2) is 0 Å². The summed E-state index contributed by atoms with van der Waals surface area (Å²) in [5.74, 6) is 0.0733. The van der Waals surface area contributed by atoms with E-state index < -0.39 is 5.41 Å². The van der Waals surface area contributed by atoms with Crippen molar-refractivity contribution in [1.29, 1.82) is 0 Å². The van der Waals surface area contributed by atoms with E-state index in [4.69, 9.17) is 9.47 Å². The van der Waals surface area contributed by atoms with Crippen LogP contribution in [-0.2, 0) is 26.1 Å². The summed E-state index contributed by atoms with van der Waals surface area (Å²) in [5.41, 5.74) is 2.98. The highest BCUT2D eigenvalue weighted by Gasteiger charge is 2.48.